The van der Waals surface area contributed by atoms with E-state index in [9.17, 15) is 13.6 Å². The Morgan fingerprint density at radius 1 is 1.29 bits per heavy atom. The Balaban J connectivity index is 2.52. The number of nitrogens with zero attached hydrogens (tertiary/aromatic N) is 2. The van der Waals surface area contributed by atoms with Gasteiger partial charge in [-0.1, -0.05) is 17.7 Å². The number of aromatic nitrogens is 2. The average molecular weight is 350 g/mol. The zero-order valence-electron chi connectivity index (χ0n) is 13.0. The maximum Gasteiger partial charge on any atom is 0.267 e. The predicted octanol–water partition coefficient (Wildman–Crippen LogP) is 3.65. The second-order valence-electron chi connectivity index (χ2n) is 5.56. The van der Waals surface area contributed by atoms with E-state index >= 15 is 0 Å². The molecule has 1 atom stereocenters. The smallest absolute Gasteiger partial charge is 0.267 e. The van der Waals surface area contributed by atoms with Crippen molar-refractivity contribution >= 4 is 22.5 Å². The third-order valence-corrected chi connectivity index (χ3v) is 4.12. The molecule has 1 heterocycles. The van der Waals surface area contributed by atoms with Crippen LogP contribution in [0.2, 0.25) is 5.02 Å². The lowest BCUT2D eigenvalue weighted by Crippen LogP contribution is -2.28. The van der Waals surface area contributed by atoms with Crippen LogP contribution in [-0.4, -0.2) is 9.55 Å². The van der Waals surface area contributed by atoms with Gasteiger partial charge in [0.2, 0.25) is 0 Å². The quantitative estimate of drug-likeness (QED) is 0.768. The van der Waals surface area contributed by atoms with Crippen molar-refractivity contribution in [2.45, 2.75) is 19.9 Å². The highest BCUT2D eigenvalue weighted by Crippen LogP contribution is 2.24. The molecule has 0 aliphatic heterocycles. The van der Waals surface area contributed by atoms with E-state index in [0.29, 0.717) is 5.52 Å². The van der Waals surface area contributed by atoms with Crippen LogP contribution in [0.3, 0.4) is 0 Å². The SMILES string of the molecule is Cc1c(F)cc(F)cc1-n1c([C@H](C)N)nc2cccc(Cl)c2c1=O. The van der Waals surface area contributed by atoms with Crippen molar-refractivity contribution in [1.82, 2.24) is 9.55 Å². The summed E-state index contributed by atoms with van der Waals surface area (Å²) in [5.41, 5.74) is 5.97. The molecule has 0 saturated heterocycles. The molecular weight excluding hydrogens is 336 g/mol. The molecule has 2 aromatic carbocycles. The van der Waals surface area contributed by atoms with Gasteiger partial charge < -0.3 is 5.73 Å². The van der Waals surface area contributed by atoms with Gasteiger partial charge in [0, 0.05) is 11.6 Å². The highest BCUT2D eigenvalue weighted by atomic mass is 35.5. The van der Waals surface area contributed by atoms with Crippen LogP contribution in [0, 0.1) is 18.6 Å². The number of rotatable bonds is 2. The summed E-state index contributed by atoms with van der Waals surface area (Å²) in [6, 6.07) is 6.07. The standard InChI is InChI=1S/C17H14ClF2N3O/c1-8-12(20)6-10(19)7-14(8)23-16(9(2)21)22-13-5-3-4-11(18)15(13)17(23)24/h3-7,9H,21H2,1-2H3/t9-/m0/s1. The number of nitrogens with two attached hydrogens (primary N) is 1. The molecule has 0 radical (unpaired) electrons. The van der Waals surface area contributed by atoms with Crippen LogP contribution < -0.4 is 11.3 Å². The van der Waals surface area contributed by atoms with E-state index in [1.165, 1.54) is 6.92 Å². The van der Waals surface area contributed by atoms with Crippen LogP contribution in [0.5, 0.6) is 0 Å². The highest BCUT2D eigenvalue weighted by Gasteiger charge is 2.20. The molecule has 4 nitrogen and oxygen atoms in total. The summed E-state index contributed by atoms with van der Waals surface area (Å²) >= 11 is 6.12. The summed E-state index contributed by atoms with van der Waals surface area (Å²) in [6.07, 6.45) is 0. The van der Waals surface area contributed by atoms with Crippen LogP contribution in [-0.2, 0) is 0 Å². The Morgan fingerprint density at radius 3 is 2.67 bits per heavy atom. The Hall–Kier alpha value is -2.31. The summed E-state index contributed by atoms with van der Waals surface area (Å²) in [4.78, 5) is 17.4. The van der Waals surface area contributed by atoms with E-state index < -0.39 is 23.2 Å². The number of benzene rings is 2. The lowest BCUT2D eigenvalue weighted by Gasteiger charge is -2.18. The summed E-state index contributed by atoms with van der Waals surface area (Å²) in [7, 11) is 0. The van der Waals surface area contributed by atoms with Crippen molar-refractivity contribution in [3.8, 4) is 5.69 Å². The number of hydrogen-bond acceptors (Lipinski definition) is 3. The van der Waals surface area contributed by atoms with Crippen LogP contribution in [0.1, 0.15) is 24.4 Å². The first-order valence-corrected chi connectivity index (χ1v) is 7.62. The maximum absolute atomic E-state index is 14.0. The van der Waals surface area contributed by atoms with Crippen molar-refractivity contribution in [1.29, 1.82) is 0 Å². The van der Waals surface area contributed by atoms with Gasteiger partial charge in [0.1, 0.15) is 17.5 Å². The Bertz CT molecular complexity index is 1010. The van der Waals surface area contributed by atoms with Crippen molar-refractivity contribution in [3.05, 3.63) is 68.7 Å². The molecule has 0 amide bonds. The Kier molecular flexibility index (Phi) is 4.11. The zero-order chi connectivity index (χ0) is 17.6. The first-order chi connectivity index (χ1) is 11.3. The molecule has 0 saturated carbocycles. The average Bonchev–Trinajstić information content (AvgIpc) is 2.50. The minimum absolute atomic E-state index is 0.0547. The first kappa shape index (κ1) is 16.5. The molecule has 0 spiro atoms. The second kappa shape index (κ2) is 5.96. The first-order valence-electron chi connectivity index (χ1n) is 7.24. The molecule has 1 aromatic heterocycles. The highest BCUT2D eigenvalue weighted by molar-refractivity contribution is 6.35. The molecular formula is C17H14ClF2N3O. The third-order valence-electron chi connectivity index (χ3n) is 3.80. The predicted molar refractivity (Wildman–Crippen MR) is 89.6 cm³/mol. The normalized spacial score (nSPS) is 12.6. The molecule has 0 aliphatic rings. The minimum Gasteiger partial charge on any atom is -0.322 e. The molecule has 124 valence electrons. The fraction of sp³-hybridized carbons (Fsp3) is 0.176. The largest absolute Gasteiger partial charge is 0.322 e. The van der Waals surface area contributed by atoms with Crippen molar-refractivity contribution in [2.75, 3.05) is 0 Å². The summed E-state index contributed by atoms with van der Waals surface area (Å²) in [6.45, 7) is 3.10. The molecule has 0 aliphatic carbocycles. The third kappa shape index (κ3) is 2.57. The van der Waals surface area contributed by atoms with Gasteiger partial charge in [-0.2, -0.15) is 0 Å². The number of fused-ring (bicyclic) bond motifs is 1. The van der Waals surface area contributed by atoms with Crippen LogP contribution >= 0.6 is 11.6 Å². The summed E-state index contributed by atoms with van der Waals surface area (Å²) in [5, 5.41) is 0.386. The molecule has 0 unspecified atom stereocenters. The molecule has 3 rings (SSSR count). The Morgan fingerprint density at radius 2 is 2.00 bits per heavy atom. The van der Waals surface area contributed by atoms with Gasteiger partial charge in [0.15, 0.2) is 0 Å². The van der Waals surface area contributed by atoms with E-state index in [1.807, 2.05) is 0 Å². The zero-order valence-corrected chi connectivity index (χ0v) is 13.7. The van der Waals surface area contributed by atoms with E-state index in [0.717, 1.165) is 16.7 Å². The minimum atomic E-state index is -0.796. The monoisotopic (exact) mass is 349 g/mol. The topological polar surface area (TPSA) is 60.9 Å². The van der Waals surface area contributed by atoms with Gasteiger partial charge in [-0.05, 0) is 32.0 Å². The maximum atomic E-state index is 14.0. The lowest BCUT2D eigenvalue weighted by atomic mass is 10.1. The van der Waals surface area contributed by atoms with Gasteiger partial charge >= 0.3 is 0 Å². The van der Waals surface area contributed by atoms with E-state index in [2.05, 4.69) is 4.98 Å². The van der Waals surface area contributed by atoms with E-state index in [1.54, 1.807) is 25.1 Å². The van der Waals surface area contributed by atoms with Gasteiger partial charge in [-0.15, -0.1) is 0 Å². The van der Waals surface area contributed by atoms with Crippen molar-refractivity contribution < 1.29 is 8.78 Å². The van der Waals surface area contributed by atoms with Gasteiger partial charge in [0.25, 0.3) is 5.56 Å². The molecule has 3 aromatic rings. The molecule has 7 heteroatoms. The van der Waals surface area contributed by atoms with Gasteiger partial charge in [-0.3, -0.25) is 9.36 Å². The summed E-state index contributed by atoms with van der Waals surface area (Å²) in [5.74, 6) is -1.36. The van der Waals surface area contributed by atoms with Crippen molar-refractivity contribution in [3.63, 3.8) is 0 Å². The molecule has 0 bridgehead atoms. The second-order valence-corrected chi connectivity index (χ2v) is 5.97. The van der Waals surface area contributed by atoms with Crippen molar-refractivity contribution in [2.24, 2.45) is 5.73 Å². The lowest BCUT2D eigenvalue weighted by molar-refractivity contribution is 0.572. The molecule has 24 heavy (non-hydrogen) atoms. The van der Waals surface area contributed by atoms with E-state index in [-0.39, 0.29) is 27.5 Å². The Labute approximate surface area is 141 Å². The van der Waals surface area contributed by atoms with Crippen LogP contribution in [0.15, 0.2) is 35.1 Å². The van der Waals surface area contributed by atoms with E-state index in [4.69, 9.17) is 17.3 Å². The number of halogens is 3. The van der Waals surface area contributed by atoms with Gasteiger partial charge in [-0.25, -0.2) is 13.8 Å². The van der Waals surface area contributed by atoms with Crippen LogP contribution in [0.4, 0.5) is 8.78 Å². The number of hydrogen-bond donors (Lipinski definition) is 1. The molecule has 0 fully saturated rings. The molecule has 2 N–H and O–H groups in total. The van der Waals surface area contributed by atoms with Gasteiger partial charge in [0.05, 0.1) is 27.7 Å². The summed E-state index contributed by atoms with van der Waals surface area (Å²) < 4.78 is 28.8. The fourth-order valence-corrected chi connectivity index (χ4v) is 2.86. The van der Waals surface area contributed by atoms with Crippen LogP contribution in [0.25, 0.3) is 16.6 Å². The fourth-order valence-electron chi connectivity index (χ4n) is 2.61.